The fourth-order valence-corrected chi connectivity index (χ4v) is 3.00. The summed E-state index contributed by atoms with van der Waals surface area (Å²) in [6.07, 6.45) is 1.82. The number of nitrogens with one attached hydrogen (secondary N) is 1. The van der Waals surface area contributed by atoms with Crippen molar-refractivity contribution in [2.75, 3.05) is 60.9 Å². The highest BCUT2D eigenvalue weighted by Crippen LogP contribution is 2.12. The van der Waals surface area contributed by atoms with Crippen LogP contribution in [0.1, 0.15) is 12.2 Å². The van der Waals surface area contributed by atoms with Gasteiger partial charge in [-0.3, -0.25) is 19.3 Å². The molecule has 0 saturated carbocycles. The number of benzene rings is 1. The lowest BCUT2D eigenvalue weighted by Gasteiger charge is -2.34. The summed E-state index contributed by atoms with van der Waals surface area (Å²) in [6.45, 7) is 3.28. The molecule has 1 aliphatic heterocycles. The number of hydrogen-bond donors (Lipinski definition) is 1. The van der Waals surface area contributed by atoms with Gasteiger partial charge in [-0.2, -0.15) is 0 Å². The highest BCUT2D eigenvalue weighted by Gasteiger charge is 2.22. The predicted molar refractivity (Wildman–Crippen MR) is 116 cm³/mol. The molecular weight excluding hydrogens is 384 g/mol. The van der Waals surface area contributed by atoms with E-state index in [4.69, 9.17) is 0 Å². The number of piperazine rings is 1. The van der Waals surface area contributed by atoms with Gasteiger partial charge in [0.2, 0.25) is 18.2 Å². The molecule has 1 aromatic carbocycles. The molecule has 9 nitrogen and oxygen atoms in total. The highest BCUT2D eigenvalue weighted by molar-refractivity contribution is 5.78. The number of H-pyrrole nitrogens is 1. The van der Waals surface area contributed by atoms with Crippen LogP contribution >= 0.6 is 0 Å². The quantitative estimate of drug-likeness (QED) is 0.690. The molecule has 2 heterocycles. The van der Waals surface area contributed by atoms with E-state index in [1.165, 1.54) is 4.90 Å². The SMILES string of the molecule is CN(C)C(=O)CN1CCN(C(=O)CCc2nc3ccccc3[nH]2)CC1.CN(C)C=O. The van der Waals surface area contributed by atoms with Gasteiger partial charge >= 0.3 is 0 Å². The van der Waals surface area contributed by atoms with E-state index in [9.17, 15) is 14.4 Å². The standard InChI is InChI=1S/C18H25N5O2.C3H7NO/c1-21(2)18(25)13-22-9-11-23(12-10-22)17(24)8-7-16-19-14-5-3-4-6-15(14)20-16;1-4(2)3-5/h3-6H,7-13H2,1-2H3,(H,19,20);3H,1-2H3. The zero-order valence-electron chi connectivity index (χ0n) is 18.3. The van der Waals surface area contributed by atoms with Crippen LogP contribution in [-0.2, 0) is 20.8 Å². The maximum Gasteiger partial charge on any atom is 0.236 e. The molecule has 9 heteroatoms. The molecule has 1 N–H and O–H groups in total. The van der Waals surface area contributed by atoms with Gasteiger partial charge in [0, 0.05) is 67.2 Å². The van der Waals surface area contributed by atoms with Crippen LogP contribution in [0, 0.1) is 0 Å². The van der Waals surface area contributed by atoms with Gasteiger partial charge in [0.05, 0.1) is 17.6 Å². The number of aryl methyl sites for hydroxylation is 1. The minimum Gasteiger partial charge on any atom is -0.351 e. The van der Waals surface area contributed by atoms with Crippen LogP contribution in [0.4, 0.5) is 0 Å². The van der Waals surface area contributed by atoms with Crippen LogP contribution in [0.25, 0.3) is 11.0 Å². The van der Waals surface area contributed by atoms with E-state index in [1.54, 1.807) is 33.1 Å². The minimum absolute atomic E-state index is 0.102. The second kappa shape index (κ2) is 11.3. The van der Waals surface area contributed by atoms with Gasteiger partial charge in [0.25, 0.3) is 0 Å². The Morgan fingerprint density at radius 2 is 1.73 bits per heavy atom. The Labute approximate surface area is 177 Å². The maximum absolute atomic E-state index is 12.4. The second-order valence-corrected chi connectivity index (χ2v) is 7.71. The van der Waals surface area contributed by atoms with Crippen LogP contribution in [0.3, 0.4) is 0 Å². The van der Waals surface area contributed by atoms with E-state index in [0.717, 1.165) is 36.4 Å². The summed E-state index contributed by atoms with van der Waals surface area (Å²) in [7, 11) is 6.90. The number of carbonyl (C=O) groups is 3. The van der Waals surface area contributed by atoms with E-state index in [-0.39, 0.29) is 11.8 Å². The number of aromatic amines is 1. The molecule has 1 aromatic heterocycles. The van der Waals surface area contributed by atoms with Crippen LogP contribution in [-0.4, -0.2) is 109 Å². The Kier molecular flexibility index (Phi) is 8.79. The summed E-state index contributed by atoms with van der Waals surface area (Å²) in [5.74, 6) is 1.11. The van der Waals surface area contributed by atoms with Gasteiger partial charge < -0.3 is 19.7 Å². The summed E-state index contributed by atoms with van der Waals surface area (Å²) in [5, 5.41) is 0. The van der Waals surface area contributed by atoms with Crippen molar-refractivity contribution in [1.29, 1.82) is 0 Å². The maximum atomic E-state index is 12.4. The number of hydrogen-bond acceptors (Lipinski definition) is 5. The molecular formula is C21H32N6O3. The first-order chi connectivity index (χ1) is 14.3. The third kappa shape index (κ3) is 7.14. The molecule has 1 fully saturated rings. The Bertz CT molecular complexity index is 807. The number of fused-ring (bicyclic) bond motifs is 1. The average Bonchev–Trinajstić information content (AvgIpc) is 3.16. The summed E-state index contributed by atoms with van der Waals surface area (Å²) in [5.41, 5.74) is 1.94. The number of carbonyl (C=O) groups excluding carboxylic acids is 3. The molecule has 0 radical (unpaired) electrons. The Morgan fingerprint density at radius 1 is 1.10 bits per heavy atom. The topological polar surface area (TPSA) is 92.8 Å². The van der Waals surface area contributed by atoms with Crippen LogP contribution in [0.2, 0.25) is 0 Å². The van der Waals surface area contributed by atoms with Crippen LogP contribution in [0.15, 0.2) is 24.3 Å². The normalized spacial score (nSPS) is 14.1. The van der Waals surface area contributed by atoms with E-state index < -0.39 is 0 Å². The number of nitrogens with zero attached hydrogens (tertiary/aromatic N) is 5. The highest BCUT2D eigenvalue weighted by atomic mass is 16.2. The Balaban J connectivity index is 0.000000575. The van der Waals surface area contributed by atoms with Crippen molar-refractivity contribution >= 4 is 29.3 Å². The summed E-state index contributed by atoms with van der Waals surface area (Å²) in [6, 6.07) is 7.88. The third-order valence-corrected chi connectivity index (χ3v) is 4.81. The van der Waals surface area contributed by atoms with Gasteiger partial charge in [-0.05, 0) is 12.1 Å². The number of aromatic nitrogens is 2. The zero-order valence-corrected chi connectivity index (χ0v) is 18.3. The van der Waals surface area contributed by atoms with Gasteiger partial charge in [0.15, 0.2) is 0 Å². The van der Waals surface area contributed by atoms with Crippen LogP contribution in [0.5, 0.6) is 0 Å². The van der Waals surface area contributed by atoms with E-state index in [2.05, 4.69) is 14.9 Å². The molecule has 0 bridgehead atoms. The van der Waals surface area contributed by atoms with Crippen molar-refractivity contribution in [3.05, 3.63) is 30.1 Å². The first-order valence-corrected chi connectivity index (χ1v) is 10.1. The first kappa shape index (κ1) is 23.3. The van der Waals surface area contributed by atoms with Gasteiger partial charge in [0.1, 0.15) is 5.82 Å². The van der Waals surface area contributed by atoms with Crippen molar-refractivity contribution in [3.63, 3.8) is 0 Å². The van der Waals surface area contributed by atoms with E-state index >= 15 is 0 Å². The summed E-state index contributed by atoms with van der Waals surface area (Å²) in [4.78, 5) is 48.4. The second-order valence-electron chi connectivity index (χ2n) is 7.71. The van der Waals surface area contributed by atoms with Gasteiger partial charge in [-0.15, -0.1) is 0 Å². The number of imidazole rings is 1. The monoisotopic (exact) mass is 416 g/mol. The lowest BCUT2D eigenvalue weighted by atomic mass is 10.2. The Morgan fingerprint density at radius 3 is 2.30 bits per heavy atom. The van der Waals surface area contributed by atoms with Crippen molar-refractivity contribution in [2.24, 2.45) is 0 Å². The van der Waals surface area contributed by atoms with E-state index in [0.29, 0.717) is 32.5 Å². The fraction of sp³-hybridized carbons (Fsp3) is 0.524. The third-order valence-electron chi connectivity index (χ3n) is 4.81. The van der Waals surface area contributed by atoms with Crippen LogP contribution < -0.4 is 0 Å². The minimum atomic E-state index is 0.102. The first-order valence-electron chi connectivity index (χ1n) is 10.1. The van der Waals surface area contributed by atoms with Crippen molar-refractivity contribution in [1.82, 2.24) is 29.6 Å². The molecule has 2 aromatic rings. The smallest absolute Gasteiger partial charge is 0.236 e. The molecule has 164 valence electrons. The molecule has 3 amide bonds. The molecule has 1 saturated heterocycles. The molecule has 3 rings (SSSR count). The number of amides is 3. The van der Waals surface area contributed by atoms with Gasteiger partial charge in [-0.1, -0.05) is 12.1 Å². The van der Waals surface area contributed by atoms with Gasteiger partial charge in [-0.25, -0.2) is 4.98 Å². The molecule has 0 spiro atoms. The summed E-state index contributed by atoms with van der Waals surface area (Å²) >= 11 is 0. The van der Waals surface area contributed by atoms with Crippen molar-refractivity contribution in [2.45, 2.75) is 12.8 Å². The average molecular weight is 417 g/mol. The molecule has 30 heavy (non-hydrogen) atoms. The van der Waals surface area contributed by atoms with E-state index in [1.807, 2.05) is 29.2 Å². The summed E-state index contributed by atoms with van der Waals surface area (Å²) < 4.78 is 0. The predicted octanol–water partition coefficient (Wildman–Crippen LogP) is 0.432. The molecule has 0 unspecified atom stereocenters. The Hall–Kier alpha value is -2.94. The number of para-hydroxylation sites is 2. The van der Waals surface area contributed by atoms with Crippen molar-refractivity contribution < 1.29 is 14.4 Å². The zero-order chi connectivity index (χ0) is 22.1. The fourth-order valence-electron chi connectivity index (χ4n) is 3.00. The lowest BCUT2D eigenvalue weighted by molar-refractivity contribution is -0.134. The van der Waals surface area contributed by atoms with Crippen molar-refractivity contribution in [3.8, 4) is 0 Å². The molecule has 0 atom stereocenters. The number of rotatable bonds is 6. The lowest BCUT2D eigenvalue weighted by Crippen LogP contribution is -2.51. The largest absolute Gasteiger partial charge is 0.351 e. The molecule has 0 aliphatic carbocycles. The molecule has 1 aliphatic rings. The number of likely N-dealkylation sites (N-methyl/N-ethyl adjacent to an activating group) is 1.